The van der Waals surface area contributed by atoms with Gasteiger partial charge >= 0.3 is 0 Å². The maximum Gasteiger partial charge on any atom is 0.250 e. The van der Waals surface area contributed by atoms with E-state index in [-0.39, 0.29) is 10.8 Å². The summed E-state index contributed by atoms with van der Waals surface area (Å²) < 4.78 is 33.0. The van der Waals surface area contributed by atoms with Gasteiger partial charge < -0.3 is 10.1 Å². The summed E-state index contributed by atoms with van der Waals surface area (Å²) in [6.07, 6.45) is 3.33. The van der Waals surface area contributed by atoms with Crippen molar-refractivity contribution in [1.29, 1.82) is 0 Å². The predicted octanol–water partition coefficient (Wildman–Crippen LogP) is 2.91. The largest absolute Gasteiger partial charge is 0.481 e. The second-order valence-corrected chi connectivity index (χ2v) is 8.78. The number of sulfonamides is 1. The number of anilines is 1. The van der Waals surface area contributed by atoms with Crippen molar-refractivity contribution in [2.75, 3.05) is 25.5 Å². The summed E-state index contributed by atoms with van der Waals surface area (Å²) in [6.45, 7) is 2.65. The Balaban J connectivity index is 1.62. The van der Waals surface area contributed by atoms with E-state index >= 15 is 0 Å². The summed E-state index contributed by atoms with van der Waals surface area (Å²) in [7, 11) is -2.02. The van der Waals surface area contributed by atoms with E-state index in [2.05, 4.69) is 20.0 Å². The topological polar surface area (TPSA) is 93.2 Å². The molecule has 0 fully saturated rings. The molecule has 142 valence electrons. The lowest BCUT2D eigenvalue weighted by Crippen LogP contribution is -2.28. The molecule has 0 aliphatic rings. The van der Waals surface area contributed by atoms with Gasteiger partial charge in [0.15, 0.2) is 0 Å². The summed E-state index contributed by atoms with van der Waals surface area (Å²) in [6, 6.07) is 10.8. The number of aromatic nitrogens is 2. The van der Waals surface area contributed by atoms with Gasteiger partial charge in [-0.3, -0.25) is 0 Å². The van der Waals surface area contributed by atoms with Crippen molar-refractivity contribution in [1.82, 2.24) is 14.7 Å². The molecule has 3 heterocycles. The van der Waals surface area contributed by atoms with E-state index in [4.69, 9.17) is 4.74 Å². The zero-order valence-electron chi connectivity index (χ0n) is 15.0. The van der Waals surface area contributed by atoms with Gasteiger partial charge in [-0.15, -0.1) is 11.3 Å². The van der Waals surface area contributed by atoms with Crippen molar-refractivity contribution in [2.24, 2.45) is 0 Å². The van der Waals surface area contributed by atoms with Crippen molar-refractivity contribution < 1.29 is 13.2 Å². The molecule has 0 saturated carbocycles. The van der Waals surface area contributed by atoms with Crippen LogP contribution in [0, 0.1) is 6.92 Å². The van der Waals surface area contributed by atoms with Gasteiger partial charge in [-0.05, 0) is 42.3 Å². The van der Waals surface area contributed by atoms with E-state index in [9.17, 15) is 8.42 Å². The molecule has 2 N–H and O–H groups in total. The van der Waals surface area contributed by atoms with E-state index < -0.39 is 10.0 Å². The summed E-state index contributed by atoms with van der Waals surface area (Å²) in [5.41, 5.74) is 1.87. The molecule has 3 rings (SSSR count). The van der Waals surface area contributed by atoms with Gasteiger partial charge in [0.25, 0.3) is 0 Å². The Morgan fingerprint density at radius 2 is 1.96 bits per heavy atom. The number of ether oxygens (including phenoxy) is 1. The van der Waals surface area contributed by atoms with Gasteiger partial charge in [0.05, 0.1) is 7.11 Å². The Kier molecular flexibility index (Phi) is 6.04. The van der Waals surface area contributed by atoms with Crippen molar-refractivity contribution >= 4 is 27.2 Å². The van der Waals surface area contributed by atoms with E-state index in [0.717, 1.165) is 21.8 Å². The fraction of sp³-hybridized carbons (Fsp3) is 0.222. The molecule has 0 spiro atoms. The highest BCUT2D eigenvalue weighted by Crippen LogP contribution is 2.31. The lowest BCUT2D eigenvalue weighted by atomic mass is 10.2. The quantitative estimate of drug-likeness (QED) is 0.561. The van der Waals surface area contributed by atoms with E-state index in [1.807, 2.05) is 25.1 Å². The van der Waals surface area contributed by atoms with Crippen molar-refractivity contribution in [3.05, 3.63) is 54.4 Å². The van der Waals surface area contributed by atoms with Gasteiger partial charge in [0.2, 0.25) is 15.9 Å². The molecule has 7 nitrogen and oxygen atoms in total. The van der Waals surface area contributed by atoms with E-state index in [1.54, 1.807) is 37.7 Å². The number of hydrogen-bond donors (Lipinski definition) is 2. The maximum absolute atomic E-state index is 12.5. The molecule has 0 aliphatic heterocycles. The molecule has 0 aromatic carbocycles. The first-order chi connectivity index (χ1) is 13.0. The van der Waals surface area contributed by atoms with E-state index in [1.165, 1.54) is 11.3 Å². The van der Waals surface area contributed by atoms with Crippen LogP contribution in [0.15, 0.2) is 53.0 Å². The van der Waals surface area contributed by atoms with Gasteiger partial charge in [0, 0.05) is 36.4 Å². The molecule has 3 aromatic rings. The number of rotatable bonds is 8. The first kappa shape index (κ1) is 19.3. The number of pyridine rings is 2. The highest BCUT2D eigenvalue weighted by Gasteiger charge is 2.17. The highest BCUT2D eigenvalue weighted by molar-refractivity contribution is 7.91. The molecule has 0 bridgehead atoms. The molecule has 0 atom stereocenters. The normalized spacial score (nSPS) is 11.3. The first-order valence-corrected chi connectivity index (χ1v) is 10.5. The molecular formula is C18H20N4O3S2. The highest BCUT2D eigenvalue weighted by atomic mass is 32.2. The van der Waals surface area contributed by atoms with Crippen LogP contribution in [0.3, 0.4) is 0 Å². The zero-order chi connectivity index (χ0) is 19.3. The number of nitrogens with zero attached hydrogens (tertiary/aromatic N) is 2. The second kappa shape index (κ2) is 8.47. The Labute approximate surface area is 162 Å². The summed E-state index contributed by atoms with van der Waals surface area (Å²) in [5, 5.41) is 3.13. The smallest absolute Gasteiger partial charge is 0.250 e. The average molecular weight is 405 g/mol. The molecule has 0 aliphatic carbocycles. The van der Waals surface area contributed by atoms with Gasteiger partial charge in [0.1, 0.15) is 10.0 Å². The molecule has 0 amide bonds. The van der Waals surface area contributed by atoms with Crippen LogP contribution in [0.25, 0.3) is 10.4 Å². The number of nitrogens with one attached hydrogen (secondary N) is 2. The third kappa shape index (κ3) is 4.82. The van der Waals surface area contributed by atoms with Gasteiger partial charge in [-0.2, -0.15) is 0 Å². The fourth-order valence-corrected chi connectivity index (χ4v) is 4.78. The van der Waals surface area contributed by atoms with Crippen molar-refractivity contribution in [3.63, 3.8) is 0 Å². The van der Waals surface area contributed by atoms with Crippen molar-refractivity contribution in [2.45, 2.75) is 11.1 Å². The van der Waals surface area contributed by atoms with Crippen LogP contribution < -0.4 is 14.8 Å². The summed E-state index contributed by atoms with van der Waals surface area (Å²) in [5.74, 6) is 1.24. The molecule has 3 aromatic heterocycles. The maximum atomic E-state index is 12.5. The van der Waals surface area contributed by atoms with Crippen LogP contribution in [-0.4, -0.2) is 38.6 Å². The monoisotopic (exact) mass is 404 g/mol. The van der Waals surface area contributed by atoms with Crippen LogP contribution in [-0.2, 0) is 10.0 Å². The van der Waals surface area contributed by atoms with Crippen LogP contribution >= 0.6 is 11.3 Å². The molecule has 0 unspecified atom stereocenters. The summed E-state index contributed by atoms with van der Waals surface area (Å²) >= 11 is 1.20. The lowest BCUT2D eigenvalue weighted by Gasteiger charge is -2.09. The Morgan fingerprint density at radius 1 is 1.11 bits per heavy atom. The number of hydrogen-bond acceptors (Lipinski definition) is 7. The number of methoxy groups -OCH3 is 1. The summed E-state index contributed by atoms with van der Waals surface area (Å²) in [4.78, 5) is 9.11. The number of aryl methyl sites for hydroxylation is 1. The first-order valence-electron chi connectivity index (χ1n) is 8.25. The van der Waals surface area contributed by atoms with Gasteiger partial charge in [-0.1, -0.05) is 6.07 Å². The minimum atomic E-state index is -3.57. The molecular weight excluding hydrogens is 384 g/mol. The minimum absolute atomic E-state index is 0.259. The van der Waals surface area contributed by atoms with Crippen LogP contribution in [0.1, 0.15) is 5.56 Å². The minimum Gasteiger partial charge on any atom is -0.481 e. The van der Waals surface area contributed by atoms with Gasteiger partial charge in [-0.25, -0.2) is 23.1 Å². The SMILES string of the molecule is COc1cc(-c2ccc(S(=O)(=O)NCCNc3ncccc3C)s2)ccn1. The molecule has 9 heteroatoms. The van der Waals surface area contributed by atoms with E-state index in [0.29, 0.717) is 12.4 Å². The van der Waals surface area contributed by atoms with Crippen LogP contribution in [0.5, 0.6) is 5.88 Å². The van der Waals surface area contributed by atoms with Crippen LogP contribution in [0.2, 0.25) is 0 Å². The van der Waals surface area contributed by atoms with Crippen LogP contribution in [0.4, 0.5) is 5.82 Å². The third-order valence-corrected chi connectivity index (χ3v) is 6.88. The van der Waals surface area contributed by atoms with Crippen molar-refractivity contribution in [3.8, 4) is 16.3 Å². The number of thiophene rings is 1. The Bertz CT molecular complexity index is 1020. The third-order valence-electron chi connectivity index (χ3n) is 3.79. The lowest BCUT2D eigenvalue weighted by molar-refractivity contribution is 0.398. The Morgan fingerprint density at radius 3 is 2.74 bits per heavy atom. The fourth-order valence-electron chi connectivity index (χ4n) is 2.40. The standard InChI is InChI=1S/C18H20N4O3S2/c1-13-4-3-8-20-18(13)21-10-11-22-27(23,24)17-6-5-15(26-17)14-7-9-19-16(12-14)25-2/h3-9,12,22H,10-11H2,1-2H3,(H,20,21). The molecule has 0 radical (unpaired) electrons. The molecule has 0 saturated heterocycles. The zero-order valence-corrected chi connectivity index (χ0v) is 16.6. The second-order valence-electron chi connectivity index (χ2n) is 5.70. The Hall–Kier alpha value is -2.49. The molecule has 27 heavy (non-hydrogen) atoms. The predicted molar refractivity (Wildman–Crippen MR) is 107 cm³/mol. The average Bonchev–Trinajstić information content (AvgIpc) is 3.18.